The van der Waals surface area contributed by atoms with Gasteiger partial charge in [-0.25, -0.2) is 12.8 Å². The van der Waals surface area contributed by atoms with Gasteiger partial charge in [0, 0.05) is 25.2 Å². The minimum Gasteiger partial charge on any atom is -0.352 e. The largest absolute Gasteiger partial charge is 0.352 e. The Morgan fingerprint density at radius 2 is 1.62 bits per heavy atom. The van der Waals surface area contributed by atoms with Crippen LogP contribution in [-0.2, 0) is 16.4 Å². The van der Waals surface area contributed by atoms with E-state index in [1.807, 2.05) is 0 Å². The lowest BCUT2D eigenvalue weighted by Crippen LogP contribution is -2.42. The third-order valence-electron chi connectivity index (χ3n) is 5.20. The first-order chi connectivity index (χ1) is 13.8. The number of benzene rings is 2. The van der Waals surface area contributed by atoms with Crippen LogP contribution < -0.4 is 5.32 Å². The Balaban J connectivity index is 1.60. The SMILES string of the molecule is C[C@H]1C[C@H](C)CN(S(=O)(=O)c2ccc(C(=O)NCCc3ccc(F)cc3)cc2)C1. The van der Waals surface area contributed by atoms with Crippen molar-refractivity contribution in [3.8, 4) is 0 Å². The van der Waals surface area contributed by atoms with Gasteiger partial charge in [0.25, 0.3) is 5.91 Å². The summed E-state index contributed by atoms with van der Waals surface area (Å²) < 4.78 is 40.3. The normalized spacial score (nSPS) is 20.4. The molecule has 0 aliphatic carbocycles. The number of nitrogens with zero attached hydrogens (tertiary/aromatic N) is 1. The monoisotopic (exact) mass is 418 g/mol. The molecule has 1 saturated heterocycles. The van der Waals surface area contributed by atoms with E-state index in [4.69, 9.17) is 0 Å². The minimum atomic E-state index is -3.56. The maximum Gasteiger partial charge on any atom is 0.251 e. The smallest absolute Gasteiger partial charge is 0.251 e. The molecule has 156 valence electrons. The Bertz CT molecular complexity index is 933. The van der Waals surface area contributed by atoms with Crippen molar-refractivity contribution in [3.63, 3.8) is 0 Å². The van der Waals surface area contributed by atoms with Crippen LogP contribution in [0.4, 0.5) is 4.39 Å². The van der Waals surface area contributed by atoms with Gasteiger partial charge in [-0.15, -0.1) is 0 Å². The third-order valence-corrected chi connectivity index (χ3v) is 7.05. The van der Waals surface area contributed by atoms with E-state index < -0.39 is 10.0 Å². The summed E-state index contributed by atoms with van der Waals surface area (Å²) in [5.41, 5.74) is 1.33. The summed E-state index contributed by atoms with van der Waals surface area (Å²) in [7, 11) is -3.56. The number of piperidine rings is 1. The molecule has 1 fully saturated rings. The molecular weight excluding hydrogens is 391 g/mol. The molecule has 3 rings (SSSR count). The van der Waals surface area contributed by atoms with Crippen molar-refractivity contribution in [1.29, 1.82) is 0 Å². The second-order valence-electron chi connectivity index (χ2n) is 7.92. The minimum absolute atomic E-state index is 0.210. The highest BCUT2D eigenvalue weighted by Gasteiger charge is 2.31. The van der Waals surface area contributed by atoms with E-state index in [0.29, 0.717) is 43.5 Å². The van der Waals surface area contributed by atoms with Crippen LogP contribution in [0.3, 0.4) is 0 Å². The van der Waals surface area contributed by atoms with Crippen molar-refractivity contribution in [1.82, 2.24) is 9.62 Å². The van der Waals surface area contributed by atoms with Gasteiger partial charge in [-0.3, -0.25) is 4.79 Å². The van der Waals surface area contributed by atoms with Gasteiger partial charge in [0.2, 0.25) is 10.0 Å². The second-order valence-corrected chi connectivity index (χ2v) is 9.86. The molecule has 0 aromatic heterocycles. The molecular formula is C22H27FN2O3S. The van der Waals surface area contributed by atoms with E-state index >= 15 is 0 Å². The first kappa shape index (κ1) is 21.5. The molecule has 0 radical (unpaired) electrons. The van der Waals surface area contributed by atoms with Gasteiger partial charge in [0.05, 0.1) is 4.90 Å². The second kappa shape index (κ2) is 9.05. The van der Waals surface area contributed by atoms with Crippen LogP contribution in [0.15, 0.2) is 53.4 Å². The Morgan fingerprint density at radius 1 is 1.03 bits per heavy atom. The van der Waals surface area contributed by atoms with Crippen LogP contribution in [0.1, 0.15) is 36.2 Å². The zero-order valence-corrected chi connectivity index (χ0v) is 17.6. The number of amides is 1. The molecule has 5 nitrogen and oxygen atoms in total. The maximum absolute atomic E-state index is 12.9. The fraction of sp³-hybridized carbons (Fsp3) is 0.409. The lowest BCUT2D eigenvalue weighted by atomic mass is 9.94. The summed E-state index contributed by atoms with van der Waals surface area (Å²) >= 11 is 0. The molecule has 0 saturated carbocycles. The average molecular weight is 419 g/mol. The number of rotatable bonds is 6. The van der Waals surface area contributed by atoms with Crippen molar-refractivity contribution in [2.45, 2.75) is 31.6 Å². The summed E-state index contributed by atoms with van der Waals surface area (Å²) in [6, 6.07) is 12.2. The average Bonchev–Trinajstić information content (AvgIpc) is 2.69. The summed E-state index contributed by atoms with van der Waals surface area (Å²) in [5, 5.41) is 2.80. The first-order valence-electron chi connectivity index (χ1n) is 9.88. The van der Waals surface area contributed by atoms with Crippen molar-refractivity contribution in [2.75, 3.05) is 19.6 Å². The lowest BCUT2D eigenvalue weighted by Gasteiger charge is -2.34. The predicted molar refractivity (Wildman–Crippen MR) is 111 cm³/mol. The predicted octanol–water partition coefficient (Wildman–Crippen LogP) is 3.46. The molecule has 0 unspecified atom stereocenters. The molecule has 1 aliphatic heterocycles. The topological polar surface area (TPSA) is 66.5 Å². The summed E-state index contributed by atoms with van der Waals surface area (Å²) in [4.78, 5) is 12.5. The fourth-order valence-electron chi connectivity index (χ4n) is 3.80. The van der Waals surface area contributed by atoms with Gasteiger partial charge in [0.1, 0.15) is 5.82 Å². The molecule has 0 spiro atoms. The van der Waals surface area contributed by atoms with E-state index in [2.05, 4.69) is 19.2 Å². The number of halogens is 1. The summed E-state index contributed by atoms with van der Waals surface area (Å²) in [6.45, 7) is 5.60. The molecule has 29 heavy (non-hydrogen) atoms. The van der Waals surface area contributed by atoms with E-state index in [0.717, 1.165) is 12.0 Å². The van der Waals surface area contributed by atoms with E-state index in [-0.39, 0.29) is 16.6 Å². The van der Waals surface area contributed by atoms with E-state index in [1.54, 1.807) is 16.4 Å². The van der Waals surface area contributed by atoms with Crippen molar-refractivity contribution >= 4 is 15.9 Å². The molecule has 2 aromatic rings. The molecule has 2 atom stereocenters. The number of nitrogens with one attached hydrogen (secondary N) is 1. The third kappa shape index (κ3) is 5.42. The number of hydrogen-bond acceptors (Lipinski definition) is 3. The maximum atomic E-state index is 12.9. The van der Waals surface area contributed by atoms with Crippen molar-refractivity contribution in [2.24, 2.45) is 11.8 Å². The van der Waals surface area contributed by atoms with Crippen LogP contribution in [0.5, 0.6) is 0 Å². The lowest BCUT2D eigenvalue weighted by molar-refractivity contribution is 0.0954. The van der Waals surface area contributed by atoms with Gasteiger partial charge >= 0.3 is 0 Å². The zero-order valence-electron chi connectivity index (χ0n) is 16.8. The molecule has 0 bridgehead atoms. The molecule has 1 N–H and O–H groups in total. The van der Waals surface area contributed by atoms with Gasteiger partial charge < -0.3 is 5.32 Å². The Labute approximate surface area is 172 Å². The standard InChI is InChI=1S/C22H27FN2O3S/c1-16-13-17(2)15-25(14-16)29(27,28)21-9-5-19(6-10-21)22(26)24-12-11-18-3-7-20(23)8-4-18/h3-10,16-17H,11-15H2,1-2H3,(H,24,26)/t16-,17-/m0/s1. The number of carbonyl (C=O) groups excluding carboxylic acids is 1. The summed E-state index contributed by atoms with van der Waals surface area (Å²) in [6.07, 6.45) is 1.62. The molecule has 1 amide bonds. The van der Waals surface area contributed by atoms with Gasteiger partial charge in [-0.1, -0.05) is 26.0 Å². The van der Waals surface area contributed by atoms with Crippen LogP contribution in [0.25, 0.3) is 0 Å². The van der Waals surface area contributed by atoms with Gasteiger partial charge in [-0.05, 0) is 66.6 Å². The van der Waals surface area contributed by atoms with Gasteiger partial charge in [0.15, 0.2) is 0 Å². The van der Waals surface area contributed by atoms with Crippen LogP contribution in [-0.4, -0.2) is 38.3 Å². The van der Waals surface area contributed by atoms with Crippen LogP contribution in [0, 0.1) is 17.7 Å². The fourth-order valence-corrected chi connectivity index (χ4v) is 5.48. The highest BCUT2D eigenvalue weighted by Crippen LogP contribution is 2.26. The summed E-state index contributed by atoms with van der Waals surface area (Å²) in [5.74, 6) is 0.108. The Morgan fingerprint density at radius 3 is 2.21 bits per heavy atom. The van der Waals surface area contributed by atoms with Crippen molar-refractivity contribution < 1.29 is 17.6 Å². The highest BCUT2D eigenvalue weighted by molar-refractivity contribution is 7.89. The highest BCUT2D eigenvalue weighted by atomic mass is 32.2. The zero-order chi connectivity index (χ0) is 21.0. The quantitative estimate of drug-likeness (QED) is 0.781. The van der Waals surface area contributed by atoms with E-state index in [9.17, 15) is 17.6 Å². The number of hydrogen-bond donors (Lipinski definition) is 1. The van der Waals surface area contributed by atoms with Gasteiger partial charge in [-0.2, -0.15) is 4.31 Å². The number of carbonyl (C=O) groups is 1. The Kier molecular flexibility index (Phi) is 6.70. The molecule has 7 heteroatoms. The van der Waals surface area contributed by atoms with Crippen molar-refractivity contribution in [3.05, 3.63) is 65.5 Å². The first-order valence-corrected chi connectivity index (χ1v) is 11.3. The molecule has 1 heterocycles. The number of sulfonamides is 1. The van der Waals surface area contributed by atoms with Crippen LogP contribution in [0.2, 0.25) is 0 Å². The molecule has 2 aromatic carbocycles. The van der Waals surface area contributed by atoms with E-state index in [1.165, 1.54) is 36.4 Å². The van der Waals surface area contributed by atoms with Crippen LogP contribution >= 0.6 is 0 Å². The Hall–Kier alpha value is -2.25. The molecule has 1 aliphatic rings.